The summed E-state index contributed by atoms with van der Waals surface area (Å²) in [5, 5.41) is 42.0. The van der Waals surface area contributed by atoms with E-state index >= 15 is 0 Å². The average Bonchev–Trinajstić information content (AvgIpc) is 3.10. The first-order chi connectivity index (χ1) is 24.3. The maximum absolute atomic E-state index is 12.9. The molecule has 15 nitrogen and oxygen atoms in total. The van der Waals surface area contributed by atoms with Crippen molar-refractivity contribution < 1.29 is 41.4 Å². The van der Waals surface area contributed by atoms with Crippen molar-refractivity contribution in [3.05, 3.63) is 96.6 Å². The van der Waals surface area contributed by atoms with Gasteiger partial charge in [-0.1, -0.05) is 18.2 Å². The van der Waals surface area contributed by atoms with Crippen molar-refractivity contribution in [1.82, 2.24) is 4.31 Å². The lowest BCUT2D eigenvalue weighted by Gasteiger charge is -2.20. The molecule has 0 atom stereocenters. The minimum Gasteiger partial charge on any atom is -0.505 e. The molecule has 0 aromatic heterocycles. The molecule has 17 heteroatoms. The van der Waals surface area contributed by atoms with E-state index in [1.54, 1.807) is 37.3 Å². The van der Waals surface area contributed by atoms with Crippen LogP contribution in [0.2, 0.25) is 0 Å². The molecule has 5 aromatic rings. The smallest absolute Gasteiger partial charge is 0.296 e. The molecule has 0 saturated carbocycles. The van der Waals surface area contributed by atoms with Gasteiger partial charge < -0.3 is 25.4 Å². The number of aliphatic hydroxyl groups excluding tert-OH is 2. The minimum absolute atomic E-state index is 0.0384. The molecule has 0 radical (unpaired) electrons. The topological polar surface area (TPSA) is 222 Å². The highest BCUT2D eigenvalue weighted by Crippen LogP contribution is 2.41. The van der Waals surface area contributed by atoms with Crippen molar-refractivity contribution in [2.75, 3.05) is 49.6 Å². The van der Waals surface area contributed by atoms with Gasteiger partial charge in [-0.3, -0.25) is 15.4 Å². The van der Waals surface area contributed by atoms with Gasteiger partial charge in [0.05, 0.1) is 42.3 Å². The molecule has 0 spiro atoms. The fraction of sp³-hybridized carbons (Fsp3) is 0.176. The van der Waals surface area contributed by atoms with E-state index in [0.717, 1.165) is 9.99 Å². The van der Waals surface area contributed by atoms with Gasteiger partial charge in [-0.15, -0.1) is 0 Å². The summed E-state index contributed by atoms with van der Waals surface area (Å²) < 4.78 is 67.3. The summed E-state index contributed by atoms with van der Waals surface area (Å²) >= 11 is 0. The Hall–Kier alpha value is -5.30. The minimum atomic E-state index is -4.81. The Balaban J connectivity index is 1.37. The SMILES string of the molecule is COc1cc(/N=N/c2ccc(S(=O)(=O)N(CCO)CCO)cc2)c(C)cc1NNc1c(S(=O)(=O)O)cc2cc(Nc3ccccc3)ccc2c1O. The summed E-state index contributed by atoms with van der Waals surface area (Å²) in [6, 6.07) is 24.4. The number of anilines is 4. The second-order valence-corrected chi connectivity index (χ2v) is 14.5. The van der Waals surface area contributed by atoms with Crippen molar-refractivity contribution in [3.8, 4) is 11.5 Å². The molecule has 5 rings (SSSR count). The number of nitrogens with zero attached hydrogens (tertiary/aromatic N) is 3. The van der Waals surface area contributed by atoms with Crippen LogP contribution in [-0.4, -0.2) is 74.4 Å². The normalized spacial score (nSPS) is 12.0. The lowest BCUT2D eigenvalue weighted by atomic mass is 10.1. The zero-order valence-corrected chi connectivity index (χ0v) is 29.1. The molecule has 0 saturated heterocycles. The van der Waals surface area contributed by atoms with Gasteiger partial charge in [-0.25, -0.2) is 8.42 Å². The van der Waals surface area contributed by atoms with Crippen LogP contribution >= 0.6 is 0 Å². The molecule has 7 N–H and O–H groups in total. The number of rotatable bonds is 15. The summed E-state index contributed by atoms with van der Waals surface area (Å²) in [6.45, 7) is 0.621. The van der Waals surface area contributed by atoms with E-state index in [2.05, 4.69) is 26.4 Å². The van der Waals surface area contributed by atoms with Gasteiger partial charge in [0.2, 0.25) is 10.0 Å². The molecular formula is C34H36N6O9S2. The van der Waals surface area contributed by atoms with Crippen LogP contribution in [0.1, 0.15) is 5.56 Å². The molecule has 0 aliphatic rings. The summed E-state index contributed by atoms with van der Waals surface area (Å²) in [7, 11) is -7.34. The number of phenols is 1. The van der Waals surface area contributed by atoms with E-state index in [1.807, 2.05) is 30.3 Å². The van der Waals surface area contributed by atoms with Crippen molar-refractivity contribution in [2.45, 2.75) is 16.7 Å². The largest absolute Gasteiger partial charge is 0.505 e. The fourth-order valence-corrected chi connectivity index (χ4v) is 7.26. The molecule has 0 fully saturated rings. The molecule has 51 heavy (non-hydrogen) atoms. The third-order valence-electron chi connectivity index (χ3n) is 7.70. The van der Waals surface area contributed by atoms with E-state index in [9.17, 15) is 36.7 Å². The Bertz CT molecular complexity index is 2260. The van der Waals surface area contributed by atoms with Crippen molar-refractivity contribution in [2.24, 2.45) is 10.2 Å². The number of aliphatic hydroxyl groups is 2. The number of fused-ring (bicyclic) bond motifs is 1. The number of hydrogen-bond acceptors (Lipinski definition) is 13. The van der Waals surface area contributed by atoms with Gasteiger partial charge in [-0.05, 0) is 84.6 Å². The molecule has 0 heterocycles. The van der Waals surface area contributed by atoms with Gasteiger partial charge in [0.15, 0.2) is 0 Å². The summed E-state index contributed by atoms with van der Waals surface area (Å²) in [6.07, 6.45) is 0. The Labute approximate surface area is 294 Å². The van der Waals surface area contributed by atoms with Crippen LogP contribution < -0.4 is 20.9 Å². The number of nitrogens with one attached hydrogen (secondary N) is 3. The van der Waals surface area contributed by atoms with Gasteiger partial charge in [-0.2, -0.15) is 23.0 Å². The number of aryl methyl sites for hydroxylation is 1. The van der Waals surface area contributed by atoms with Crippen LogP contribution in [-0.2, 0) is 20.1 Å². The number of methoxy groups -OCH3 is 1. The number of para-hydroxylation sites is 1. The zero-order chi connectivity index (χ0) is 36.8. The number of benzene rings is 5. The first-order valence-corrected chi connectivity index (χ1v) is 18.3. The highest BCUT2D eigenvalue weighted by Gasteiger charge is 2.24. The van der Waals surface area contributed by atoms with Gasteiger partial charge >= 0.3 is 0 Å². The second-order valence-electron chi connectivity index (χ2n) is 11.1. The van der Waals surface area contributed by atoms with Crippen molar-refractivity contribution in [3.63, 3.8) is 0 Å². The second kappa shape index (κ2) is 15.7. The summed E-state index contributed by atoms with van der Waals surface area (Å²) in [4.78, 5) is -0.602. The van der Waals surface area contributed by atoms with Gasteiger partial charge in [0, 0.05) is 35.9 Å². The Morgan fingerprint density at radius 2 is 1.49 bits per heavy atom. The average molecular weight is 737 g/mol. The molecule has 0 bridgehead atoms. The third kappa shape index (κ3) is 8.54. The highest BCUT2D eigenvalue weighted by molar-refractivity contribution is 7.89. The molecule has 0 aliphatic carbocycles. The van der Waals surface area contributed by atoms with E-state index in [4.69, 9.17) is 4.74 Å². The number of phenolic OH excluding ortho intramolecular Hbond substituents is 1. The summed E-state index contributed by atoms with van der Waals surface area (Å²) in [5.41, 5.74) is 8.39. The van der Waals surface area contributed by atoms with Crippen LogP contribution in [0.5, 0.6) is 11.5 Å². The van der Waals surface area contributed by atoms with E-state index < -0.39 is 44.0 Å². The van der Waals surface area contributed by atoms with Crippen LogP contribution in [0.4, 0.5) is 34.1 Å². The summed E-state index contributed by atoms with van der Waals surface area (Å²) in [5.74, 6) is -0.157. The Kier molecular flexibility index (Phi) is 11.4. The van der Waals surface area contributed by atoms with Crippen molar-refractivity contribution >= 4 is 65.0 Å². The lowest BCUT2D eigenvalue weighted by molar-refractivity contribution is 0.217. The Morgan fingerprint density at radius 1 is 0.804 bits per heavy atom. The number of azo groups is 1. The molecule has 0 aliphatic heterocycles. The molecule has 268 valence electrons. The maximum Gasteiger partial charge on any atom is 0.296 e. The molecule has 0 amide bonds. The third-order valence-corrected chi connectivity index (χ3v) is 10.5. The number of hydrogen-bond donors (Lipinski definition) is 7. The number of aromatic hydroxyl groups is 1. The molecule has 0 unspecified atom stereocenters. The zero-order valence-electron chi connectivity index (χ0n) is 27.5. The van der Waals surface area contributed by atoms with Crippen molar-refractivity contribution in [1.29, 1.82) is 0 Å². The molecular weight excluding hydrogens is 701 g/mol. The quantitative estimate of drug-likeness (QED) is 0.0298. The number of hydrazine groups is 1. The van der Waals surface area contributed by atoms with Crippen LogP contribution in [0.3, 0.4) is 0 Å². The lowest BCUT2D eigenvalue weighted by Crippen LogP contribution is -2.35. The monoisotopic (exact) mass is 736 g/mol. The van der Waals surface area contributed by atoms with Gasteiger partial charge in [0.25, 0.3) is 10.1 Å². The number of ether oxygens (including phenoxy) is 1. The van der Waals surface area contributed by atoms with Gasteiger partial charge in [0.1, 0.15) is 22.1 Å². The molecule has 5 aromatic carbocycles. The van der Waals surface area contributed by atoms with E-state index in [1.165, 1.54) is 37.4 Å². The first kappa shape index (κ1) is 37.0. The predicted octanol–water partition coefficient (Wildman–Crippen LogP) is 5.68. The van der Waals surface area contributed by atoms with E-state index in [-0.39, 0.29) is 29.4 Å². The predicted molar refractivity (Wildman–Crippen MR) is 194 cm³/mol. The Morgan fingerprint density at radius 3 is 2.12 bits per heavy atom. The van der Waals surface area contributed by atoms with E-state index in [0.29, 0.717) is 39.1 Å². The first-order valence-electron chi connectivity index (χ1n) is 15.4. The maximum atomic E-state index is 12.9. The highest BCUT2D eigenvalue weighted by atomic mass is 32.2. The standard InChI is InChI=1S/C34H36N6O9S2/c1-22-18-30(31(49-2)21-29(22)37-36-25-8-11-27(12-9-25)50(44,45)40(14-16-41)15-17-42)38-39-33-32(51(46,47)48)20-23-19-26(10-13-28(23)34(33)43)35-24-6-4-3-5-7-24/h3-13,18-21,35,38-39,41-43H,14-17H2,1-2H3,(H,46,47,48)/b37-36+. The van der Waals surface area contributed by atoms with Crippen LogP contribution in [0.25, 0.3) is 10.8 Å². The van der Waals surface area contributed by atoms with Crippen LogP contribution in [0, 0.1) is 6.92 Å². The number of sulfonamides is 1. The fourth-order valence-electron chi connectivity index (χ4n) is 5.15. The van der Waals surface area contributed by atoms with Crippen LogP contribution in [0.15, 0.2) is 111 Å².